The third kappa shape index (κ3) is 6.69. The number of aliphatic hydroxyl groups excluding tert-OH is 4. The number of ether oxygens (including phenoxy) is 3. The van der Waals surface area contributed by atoms with Gasteiger partial charge in [0.05, 0.1) is 12.2 Å². The van der Waals surface area contributed by atoms with E-state index in [1.165, 1.54) is 24.3 Å². The van der Waals surface area contributed by atoms with Crippen molar-refractivity contribution in [1.82, 2.24) is 0 Å². The number of hydrogen-bond acceptors (Lipinski definition) is 9. The number of carbonyl (C=O) groups is 2. The largest absolute Gasteiger partial charge is 0.511 e. The van der Waals surface area contributed by atoms with Gasteiger partial charge in [0.1, 0.15) is 48.6 Å². The van der Waals surface area contributed by atoms with Gasteiger partial charge in [-0.05, 0) is 41.0 Å². The monoisotopic (exact) mass is 536 g/mol. The number of carbonyl (C=O) groups excluding carboxylic acids is 1. The number of ketones is 1. The Hall–Kier alpha value is -4.06. The maximum absolute atomic E-state index is 13.6. The molecule has 1 aliphatic heterocycles. The maximum atomic E-state index is 13.6. The molecule has 1 fully saturated rings. The molecule has 3 aromatic carbocycles. The van der Waals surface area contributed by atoms with Crippen LogP contribution in [0.15, 0.2) is 78.9 Å². The number of aliphatic hydroxyl groups is 4. The molecule has 39 heavy (non-hydrogen) atoms. The second-order valence-electron chi connectivity index (χ2n) is 8.88. The van der Waals surface area contributed by atoms with Crippen molar-refractivity contribution in [3.05, 3.63) is 101 Å². The van der Waals surface area contributed by atoms with Crippen molar-refractivity contribution in [3.8, 4) is 11.5 Å². The molecule has 0 unspecified atom stereocenters. The molecule has 1 heterocycles. The van der Waals surface area contributed by atoms with E-state index in [-0.39, 0.29) is 29.2 Å². The lowest BCUT2D eigenvalue weighted by Crippen LogP contribution is -2.55. The van der Waals surface area contributed by atoms with Gasteiger partial charge in [0.15, 0.2) is 5.78 Å². The minimum absolute atomic E-state index is 0.0693. The minimum Gasteiger partial charge on any atom is -0.488 e. The van der Waals surface area contributed by atoms with E-state index in [1.807, 2.05) is 30.3 Å². The van der Waals surface area contributed by atoms with E-state index >= 15 is 0 Å². The number of allylic oxidation sites excluding steroid dienone is 1. The number of hydrogen-bond donors (Lipinski definition) is 5. The molecule has 5 atom stereocenters. The summed E-state index contributed by atoms with van der Waals surface area (Å²) < 4.78 is 16.3. The fraction of sp³-hybridized carbons (Fsp3) is 0.241. The van der Waals surface area contributed by atoms with Gasteiger partial charge in [-0.3, -0.25) is 4.79 Å². The molecular formula is C29H28O10. The third-order valence-electron chi connectivity index (χ3n) is 6.25. The Morgan fingerprint density at radius 3 is 2.26 bits per heavy atom. The number of carboxylic acid groups (broad SMARTS) is 1. The molecule has 0 saturated carbocycles. The zero-order valence-electron chi connectivity index (χ0n) is 20.7. The van der Waals surface area contributed by atoms with Crippen LogP contribution in [0.4, 0.5) is 4.79 Å². The lowest BCUT2D eigenvalue weighted by Gasteiger charge is -2.40. The van der Waals surface area contributed by atoms with Crippen LogP contribution in [0.2, 0.25) is 0 Å². The molecule has 0 radical (unpaired) electrons. The second-order valence-corrected chi connectivity index (χ2v) is 8.88. The number of rotatable bonds is 9. The van der Waals surface area contributed by atoms with Crippen LogP contribution in [-0.4, -0.2) is 68.5 Å². The average molecular weight is 537 g/mol. The van der Waals surface area contributed by atoms with E-state index < -0.39 is 49.1 Å². The van der Waals surface area contributed by atoms with Crippen molar-refractivity contribution >= 4 is 18.0 Å². The molecule has 0 aliphatic carbocycles. The maximum Gasteiger partial charge on any atom is 0.511 e. The van der Waals surface area contributed by atoms with Crippen molar-refractivity contribution < 1.29 is 49.3 Å². The van der Waals surface area contributed by atoms with E-state index in [9.17, 15) is 30.0 Å². The fourth-order valence-corrected chi connectivity index (χ4v) is 4.27. The first-order chi connectivity index (χ1) is 18.8. The van der Waals surface area contributed by atoms with Gasteiger partial charge in [-0.15, -0.1) is 0 Å². The Morgan fingerprint density at radius 2 is 1.59 bits per heavy atom. The molecule has 204 valence electrons. The zero-order chi connectivity index (χ0) is 27.9. The molecule has 0 bridgehead atoms. The summed E-state index contributed by atoms with van der Waals surface area (Å²) >= 11 is 0. The summed E-state index contributed by atoms with van der Waals surface area (Å²) in [6.07, 6.45) is -5.83. The highest BCUT2D eigenvalue weighted by Crippen LogP contribution is 2.37. The Balaban J connectivity index is 1.68. The van der Waals surface area contributed by atoms with Gasteiger partial charge < -0.3 is 39.7 Å². The van der Waals surface area contributed by atoms with Crippen LogP contribution in [0.1, 0.15) is 33.2 Å². The van der Waals surface area contributed by atoms with Gasteiger partial charge in [0, 0.05) is 0 Å². The topological polar surface area (TPSA) is 163 Å². The first-order valence-electron chi connectivity index (χ1n) is 12.1. The standard InChI is InChI=1S/C29H28O10/c30-15-23-25(32)26(33)27(34)28(39-23)20-7-4-8-22(37-16-18-5-2-1-3-6-18)24(20)21(31)14-11-17-9-12-19(13-10-17)38-29(35)36/h1-14,23,25-28,30,32-34H,15-16H2,(H,35,36)/b14-11-/t23-,25-,26+,27-,28+/m1/s1. The summed E-state index contributed by atoms with van der Waals surface area (Å²) in [7, 11) is 0. The fourth-order valence-electron chi connectivity index (χ4n) is 4.27. The summed E-state index contributed by atoms with van der Waals surface area (Å²) in [6.45, 7) is -0.468. The van der Waals surface area contributed by atoms with Crippen LogP contribution >= 0.6 is 0 Å². The van der Waals surface area contributed by atoms with Crippen LogP contribution in [0.25, 0.3) is 6.08 Å². The van der Waals surface area contributed by atoms with Gasteiger partial charge >= 0.3 is 6.16 Å². The molecule has 3 aromatic rings. The predicted octanol–water partition coefficient (Wildman–Crippen LogP) is 2.73. The highest BCUT2D eigenvalue weighted by atomic mass is 16.7. The molecule has 0 amide bonds. The summed E-state index contributed by atoms with van der Waals surface area (Å²) in [5.74, 6) is -0.180. The van der Waals surface area contributed by atoms with Crippen LogP contribution in [-0.2, 0) is 11.3 Å². The molecule has 0 aromatic heterocycles. The SMILES string of the molecule is O=C(O)Oc1ccc(/C=C\C(=O)c2c(OCc3ccccc3)cccc2[C@@H]2O[C@H](CO)[C@@H](O)[C@H](O)[C@H]2O)cc1. The highest BCUT2D eigenvalue weighted by Gasteiger charge is 2.45. The summed E-state index contributed by atoms with van der Waals surface area (Å²) in [4.78, 5) is 24.3. The summed E-state index contributed by atoms with van der Waals surface area (Å²) in [5, 5.41) is 49.6. The third-order valence-corrected chi connectivity index (χ3v) is 6.25. The van der Waals surface area contributed by atoms with Crippen molar-refractivity contribution in [2.45, 2.75) is 37.1 Å². The van der Waals surface area contributed by atoms with Crippen molar-refractivity contribution in [2.75, 3.05) is 6.61 Å². The van der Waals surface area contributed by atoms with Crippen LogP contribution < -0.4 is 9.47 Å². The van der Waals surface area contributed by atoms with Crippen molar-refractivity contribution in [1.29, 1.82) is 0 Å². The molecule has 10 heteroatoms. The normalized spacial score (nSPS) is 22.9. The molecule has 1 aliphatic rings. The van der Waals surface area contributed by atoms with E-state index in [0.29, 0.717) is 5.56 Å². The molecule has 5 N–H and O–H groups in total. The Bertz CT molecular complexity index is 1300. The summed E-state index contributed by atoms with van der Waals surface area (Å²) in [5.41, 5.74) is 1.71. The zero-order valence-corrected chi connectivity index (χ0v) is 20.7. The van der Waals surface area contributed by atoms with Gasteiger partial charge in [-0.1, -0.05) is 60.7 Å². The number of benzene rings is 3. The lowest BCUT2D eigenvalue weighted by atomic mass is 9.87. The molecule has 1 saturated heterocycles. The van der Waals surface area contributed by atoms with Crippen molar-refractivity contribution in [3.63, 3.8) is 0 Å². The van der Waals surface area contributed by atoms with Gasteiger partial charge in [-0.25, -0.2) is 4.79 Å². The second kappa shape index (κ2) is 12.7. The van der Waals surface area contributed by atoms with Gasteiger partial charge in [-0.2, -0.15) is 0 Å². The predicted molar refractivity (Wildman–Crippen MR) is 138 cm³/mol. The minimum atomic E-state index is -1.63. The molecule has 0 spiro atoms. The van der Waals surface area contributed by atoms with Crippen molar-refractivity contribution in [2.24, 2.45) is 0 Å². The lowest BCUT2D eigenvalue weighted by molar-refractivity contribution is -0.231. The van der Waals surface area contributed by atoms with E-state index in [4.69, 9.17) is 14.6 Å². The Labute approximate surface area is 223 Å². The highest BCUT2D eigenvalue weighted by molar-refractivity contribution is 6.09. The first kappa shape index (κ1) is 28.0. The van der Waals surface area contributed by atoms with E-state index in [1.54, 1.807) is 30.3 Å². The molecule has 4 rings (SSSR count). The Kier molecular flexibility index (Phi) is 9.07. The Morgan fingerprint density at radius 1 is 0.872 bits per heavy atom. The molecular weight excluding hydrogens is 508 g/mol. The first-order valence-corrected chi connectivity index (χ1v) is 12.1. The van der Waals surface area contributed by atoms with E-state index in [2.05, 4.69) is 4.74 Å². The van der Waals surface area contributed by atoms with Crippen LogP contribution in [0, 0.1) is 0 Å². The quantitative estimate of drug-likeness (QED) is 0.119. The van der Waals surface area contributed by atoms with Crippen LogP contribution in [0.5, 0.6) is 11.5 Å². The molecule has 10 nitrogen and oxygen atoms in total. The van der Waals surface area contributed by atoms with Gasteiger partial charge in [0.25, 0.3) is 0 Å². The van der Waals surface area contributed by atoms with E-state index in [0.717, 1.165) is 5.56 Å². The van der Waals surface area contributed by atoms with Gasteiger partial charge in [0.2, 0.25) is 0 Å². The average Bonchev–Trinajstić information content (AvgIpc) is 2.94. The summed E-state index contributed by atoms with van der Waals surface area (Å²) in [6, 6.07) is 20.1. The van der Waals surface area contributed by atoms with Crippen LogP contribution in [0.3, 0.4) is 0 Å². The smallest absolute Gasteiger partial charge is 0.488 e.